The number of fused-ring (bicyclic) bond motifs is 1. The second-order valence-corrected chi connectivity index (χ2v) is 7.02. The second-order valence-electron chi connectivity index (χ2n) is 6.24. The number of oxazole rings is 1. The summed E-state index contributed by atoms with van der Waals surface area (Å²) in [5.74, 6) is 0.103. The molecule has 2 heterocycles. The van der Waals surface area contributed by atoms with Gasteiger partial charge in [-0.3, -0.25) is 9.59 Å². The minimum absolute atomic E-state index is 0.166. The number of aromatic nitrogens is 1. The van der Waals surface area contributed by atoms with Gasteiger partial charge in [-0.05, 0) is 64.5 Å². The average molecular weight is 454 g/mol. The topological polar surface area (TPSA) is 97.4 Å². The monoisotopic (exact) mass is 453 g/mol. The van der Waals surface area contributed by atoms with Gasteiger partial charge in [0.2, 0.25) is 0 Å². The molecule has 0 fully saturated rings. The van der Waals surface area contributed by atoms with Crippen molar-refractivity contribution < 1.29 is 18.4 Å². The van der Waals surface area contributed by atoms with Gasteiger partial charge < -0.3 is 19.5 Å². The SMILES string of the molecule is CCc1nc2cc(NC(=O)c3cccc(NC(=O)c4ccc(Br)o4)c3)ccc2o1. The van der Waals surface area contributed by atoms with Gasteiger partial charge in [-0.25, -0.2) is 4.98 Å². The predicted octanol–water partition coefficient (Wildman–Crippen LogP) is 5.25. The minimum Gasteiger partial charge on any atom is -0.444 e. The lowest BCUT2D eigenvalue weighted by Gasteiger charge is -2.08. The summed E-state index contributed by atoms with van der Waals surface area (Å²) in [6, 6.07) is 15.1. The molecule has 2 aromatic carbocycles. The third-order valence-corrected chi connectivity index (χ3v) is 4.60. The third kappa shape index (κ3) is 4.22. The van der Waals surface area contributed by atoms with E-state index in [4.69, 9.17) is 8.83 Å². The molecule has 29 heavy (non-hydrogen) atoms. The van der Waals surface area contributed by atoms with Gasteiger partial charge in [-0.1, -0.05) is 13.0 Å². The summed E-state index contributed by atoms with van der Waals surface area (Å²) in [6.07, 6.45) is 0.698. The van der Waals surface area contributed by atoms with Crippen molar-refractivity contribution in [3.63, 3.8) is 0 Å². The first-order valence-corrected chi connectivity index (χ1v) is 9.68. The molecule has 0 aliphatic heterocycles. The maximum Gasteiger partial charge on any atom is 0.291 e. The fourth-order valence-corrected chi connectivity index (χ4v) is 3.08. The number of carbonyl (C=O) groups is 2. The summed E-state index contributed by atoms with van der Waals surface area (Å²) in [6.45, 7) is 1.96. The lowest BCUT2D eigenvalue weighted by Crippen LogP contribution is -2.14. The van der Waals surface area contributed by atoms with Crippen molar-refractivity contribution in [2.24, 2.45) is 0 Å². The largest absolute Gasteiger partial charge is 0.444 e. The molecule has 0 bridgehead atoms. The van der Waals surface area contributed by atoms with Crippen LogP contribution in [0.4, 0.5) is 11.4 Å². The van der Waals surface area contributed by atoms with Gasteiger partial charge >= 0.3 is 0 Å². The number of benzene rings is 2. The Hall–Kier alpha value is -3.39. The van der Waals surface area contributed by atoms with E-state index in [1.54, 1.807) is 54.6 Å². The zero-order chi connectivity index (χ0) is 20.4. The number of halogens is 1. The number of rotatable bonds is 5. The van der Waals surface area contributed by atoms with Gasteiger partial charge in [-0.2, -0.15) is 0 Å². The van der Waals surface area contributed by atoms with E-state index in [0.29, 0.717) is 45.0 Å². The maximum absolute atomic E-state index is 12.6. The van der Waals surface area contributed by atoms with E-state index in [2.05, 4.69) is 31.5 Å². The Morgan fingerprint density at radius 3 is 2.52 bits per heavy atom. The predicted molar refractivity (Wildman–Crippen MR) is 112 cm³/mol. The molecule has 0 unspecified atom stereocenters. The van der Waals surface area contributed by atoms with Crippen molar-refractivity contribution in [1.29, 1.82) is 0 Å². The molecule has 0 atom stereocenters. The highest BCUT2D eigenvalue weighted by molar-refractivity contribution is 9.10. The van der Waals surface area contributed by atoms with Crippen molar-refractivity contribution in [3.05, 3.63) is 76.5 Å². The average Bonchev–Trinajstić information content (AvgIpc) is 3.33. The van der Waals surface area contributed by atoms with E-state index in [-0.39, 0.29) is 11.7 Å². The van der Waals surface area contributed by atoms with Crippen molar-refractivity contribution in [1.82, 2.24) is 4.98 Å². The van der Waals surface area contributed by atoms with Crippen molar-refractivity contribution in [3.8, 4) is 0 Å². The van der Waals surface area contributed by atoms with Gasteiger partial charge in [0, 0.05) is 23.4 Å². The second kappa shape index (κ2) is 7.92. The highest BCUT2D eigenvalue weighted by Crippen LogP contribution is 2.22. The first-order valence-electron chi connectivity index (χ1n) is 8.89. The first-order chi connectivity index (χ1) is 14.0. The molecule has 0 radical (unpaired) electrons. The van der Waals surface area contributed by atoms with E-state index < -0.39 is 5.91 Å². The number of hydrogen-bond donors (Lipinski definition) is 2. The first kappa shape index (κ1) is 18.9. The van der Waals surface area contributed by atoms with Gasteiger partial charge in [-0.15, -0.1) is 0 Å². The number of furan rings is 1. The zero-order valence-corrected chi connectivity index (χ0v) is 16.9. The number of anilines is 2. The lowest BCUT2D eigenvalue weighted by molar-refractivity contribution is 0.0992. The molecule has 8 heteroatoms. The van der Waals surface area contributed by atoms with Gasteiger partial charge in [0.15, 0.2) is 21.9 Å². The third-order valence-electron chi connectivity index (χ3n) is 4.17. The Balaban J connectivity index is 1.49. The molecule has 7 nitrogen and oxygen atoms in total. The zero-order valence-electron chi connectivity index (χ0n) is 15.4. The summed E-state index contributed by atoms with van der Waals surface area (Å²) >= 11 is 3.16. The van der Waals surface area contributed by atoms with E-state index in [1.165, 1.54) is 0 Å². The summed E-state index contributed by atoms with van der Waals surface area (Å²) in [5.41, 5.74) is 2.85. The molecule has 0 spiro atoms. The molecule has 2 N–H and O–H groups in total. The van der Waals surface area contributed by atoms with E-state index >= 15 is 0 Å². The Morgan fingerprint density at radius 1 is 0.966 bits per heavy atom. The van der Waals surface area contributed by atoms with Crippen molar-refractivity contribution in [2.75, 3.05) is 10.6 Å². The number of aryl methyl sites for hydroxylation is 1. The Kier molecular flexibility index (Phi) is 5.18. The quantitative estimate of drug-likeness (QED) is 0.429. The standard InChI is InChI=1S/C21H16BrN3O4/c1-2-19-25-15-11-14(6-7-16(15)29-19)23-20(26)12-4-3-5-13(10-12)24-21(27)17-8-9-18(22)28-17/h3-11H,2H2,1H3,(H,23,26)(H,24,27). The molecule has 0 aliphatic carbocycles. The van der Waals surface area contributed by atoms with Crippen LogP contribution in [0.3, 0.4) is 0 Å². The number of carbonyl (C=O) groups excluding carboxylic acids is 2. The Bertz CT molecular complexity index is 1210. The van der Waals surface area contributed by atoms with Crippen LogP contribution in [0.5, 0.6) is 0 Å². The number of nitrogens with one attached hydrogen (secondary N) is 2. The number of amides is 2. The molecule has 0 saturated carbocycles. The fraction of sp³-hybridized carbons (Fsp3) is 0.0952. The fourth-order valence-electron chi connectivity index (χ4n) is 2.77. The molecule has 2 aromatic heterocycles. The highest BCUT2D eigenvalue weighted by atomic mass is 79.9. The summed E-state index contributed by atoms with van der Waals surface area (Å²) in [5, 5.41) is 5.54. The summed E-state index contributed by atoms with van der Waals surface area (Å²) in [4.78, 5) is 29.2. The lowest BCUT2D eigenvalue weighted by atomic mass is 10.1. The van der Waals surface area contributed by atoms with Gasteiger partial charge in [0.05, 0.1) is 0 Å². The molecule has 146 valence electrons. The van der Waals surface area contributed by atoms with E-state index in [9.17, 15) is 9.59 Å². The summed E-state index contributed by atoms with van der Waals surface area (Å²) < 4.78 is 11.3. The Morgan fingerprint density at radius 2 is 1.76 bits per heavy atom. The van der Waals surface area contributed by atoms with Crippen LogP contribution in [0.15, 0.2) is 68.1 Å². The van der Waals surface area contributed by atoms with Gasteiger partial charge in [0.1, 0.15) is 5.52 Å². The molecule has 4 aromatic rings. The number of hydrogen-bond acceptors (Lipinski definition) is 5. The van der Waals surface area contributed by atoms with Crippen LogP contribution in [0.2, 0.25) is 0 Å². The highest BCUT2D eigenvalue weighted by Gasteiger charge is 2.13. The molecule has 0 aliphatic rings. The Labute approximate surface area is 174 Å². The smallest absolute Gasteiger partial charge is 0.291 e. The molecule has 0 saturated heterocycles. The van der Waals surface area contributed by atoms with Crippen LogP contribution in [0.25, 0.3) is 11.1 Å². The molecule has 4 rings (SSSR count). The number of nitrogens with zero attached hydrogens (tertiary/aromatic N) is 1. The van der Waals surface area contributed by atoms with Crippen LogP contribution >= 0.6 is 15.9 Å². The van der Waals surface area contributed by atoms with Crippen molar-refractivity contribution in [2.45, 2.75) is 13.3 Å². The molecular formula is C21H16BrN3O4. The molecular weight excluding hydrogens is 438 g/mol. The van der Waals surface area contributed by atoms with E-state index in [1.807, 2.05) is 6.92 Å². The van der Waals surface area contributed by atoms with Crippen LogP contribution in [0.1, 0.15) is 33.7 Å². The normalized spacial score (nSPS) is 10.8. The summed E-state index contributed by atoms with van der Waals surface area (Å²) in [7, 11) is 0. The molecule has 2 amide bonds. The van der Waals surface area contributed by atoms with Crippen LogP contribution in [-0.4, -0.2) is 16.8 Å². The maximum atomic E-state index is 12.6. The van der Waals surface area contributed by atoms with Crippen LogP contribution in [0, 0.1) is 0 Å². The van der Waals surface area contributed by atoms with Gasteiger partial charge in [0.25, 0.3) is 11.8 Å². The van der Waals surface area contributed by atoms with E-state index in [0.717, 1.165) is 0 Å². The van der Waals surface area contributed by atoms with Crippen LogP contribution < -0.4 is 10.6 Å². The van der Waals surface area contributed by atoms with Crippen molar-refractivity contribution >= 4 is 50.2 Å². The van der Waals surface area contributed by atoms with Crippen LogP contribution in [-0.2, 0) is 6.42 Å². The minimum atomic E-state index is -0.406.